The van der Waals surface area contributed by atoms with Crippen LogP contribution in [0.2, 0.25) is 0 Å². The lowest BCUT2D eigenvalue weighted by Gasteiger charge is -2.12. The fraction of sp³-hybridized carbons (Fsp3) is 0.121. The van der Waals surface area contributed by atoms with Crippen LogP contribution < -0.4 is 4.74 Å². The predicted octanol–water partition coefficient (Wildman–Crippen LogP) is 7.98. The number of pyridine rings is 1. The van der Waals surface area contributed by atoms with E-state index in [1.165, 1.54) is 0 Å². The number of rotatable bonds is 7. The van der Waals surface area contributed by atoms with Crippen LogP contribution in [0, 0.1) is 0 Å². The zero-order valence-electron chi connectivity index (χ0n) is 21.5. The molecule has 4 aromatic carbocycles. The van der Waals surface area contributed by atoms with Crippen LogP contribution >= 0.6 is 0 Å². The average Bonchev–Trinajstić information content (AvgIpc) is 3.29. The van der Waals surface area contributed by atoms with Gasteiger partial charge in [-0.1, -0.05) is 79.7 Å². The number of aromatic nitrogens is 3. The van der Waals surface area contributed by atoms with Crippen molar-refractivity contribution in [3.8, 4) is 28.1 Å². The van der Waals surface area contributed by atoms with E-state index < -0.39 is 6.16 Å². The number of aryl methyl sites for hydroxylation is 1. The number of hydrogen-bond donors (Lipinski definition) is 1. The summed E-state index contributed by atoms with van der Waals surface area (Å²) >= 11 is 0. The highest BCUT2D eigenvalue weighted by molar-refractivity contribution is 5.85. The minimum Gasteiger partial charge on any atom is -0.449 e. The van der Waals surface area contributed by atoms with Crippen molar-refractivity contribution in [2.24, 2.45) is 0 Å². The lowest BCUT2D eigenvalue weighted by Crippen LogP contribution is -2.05. The molecule has 0 saturated carbocycles. The van der Waals surface area contributed by atoms with E-state index in [1.54, 1.807) is 12.1 Å². The van der Waals surface area contributed by atoms with Crippen LogP contribution in [0.3, 0.4) is 0 Å². The second-order valence-electron chi connectivity index (χ2n) is 9.52. The molecule has 0 aliphatic carbocycles. The molecule has 0 aliphatic rings. The van der Waals surface area contributed by atoms with Gasteiger partial charge in [-0.05, 0) is 47.9 Å². The average molecular weight is 514 g/mol. The van der Waals surface area contributed by atoms with Gasteiger partial charge in [0.05, 0.1) is 22.2 Å². The maximum atomic E-state index is 11.1. The van der Waals surface area contributed by atoms with Gasteiger partial charge in [0, 0.05) is 29.5 Å². The van der Waals surface area contributed by atoms with Crippen LogP contribution in [-0.2, 0) is 13.0 Å². The van der Waals surface area contributed by atoms with Gasteiger partial charge in [0.1, 0.15) is 11.6 Å². The van der Waals surface area contributed by atoms with Crippen LogP contribution in [-0.4, -0.2) is 25.8 Å². The second-order valence-corrected chi connectivity index (χ2v) is 9.52. The summed E-state index contributed by atoms with van der Waals surface area (Å²) in [4.78, 5) is 21.0. The summed E-state index contributed by atoms with van der Waals surface area (Å²) in [7, 11) is 0. The first-order valence-corrected chi connectivity index (χ1v) is 13.0. The molecule has 0 fully saturated rings. The third-order valence-corrected chi connectivity index (χ3v) is 6.89. The van der Waals surface area contributed by atoms with Crippen molar-refractivity contribution in [2.45, 2.75) is 26.3 Å². The van der Waals surface area contributed by atoms with Crippen molar-refractivity contribution in [3.05, 3.63) is 115 Å². The van der Waals surface area contributed by atoms with E-state index in [0.717, 1.165) is 68.6 Å². The minimum absolute atomic E-state index is 0.318. The Labute approximate surface area is 226 Å². The molecule has 2 aromatic heterocycles. The molecule has 2 heterocycles. The van der Waals surface area contributed by atoms with Gasteiger partial charge in [0.2, 0.25) is 0 Å². The Bertz CT molecular complexity index is 1810. The molecule has 192 valence electrons. The first-order valence-electron chi connectivity index (χ1n) is 13.0. The van der Waals surface area contributed by atoms with Gasteiger partial charge in [-0.25, -0.2) is 14.8 Å². The molecule has 0 aliphatic heterocycles. The van der Waals surface area contributed by atoms with Crippen molar-refractivity contribution < 1.29 is 14.6 Å². The van der Waals surface area contributed by atoms with Crippen LogP contribution in [0.5, 0.6) is 5.75 Å². The largest absolute Gasteiger partial charge is 0.511 e. The van der Waals surface area contributed by atoms with E-state index in [9.17, 15) is 4.79 Å². The second kappa shape index (κ2) is 10.4. The normalized spacial score (nSPS) is 11.2. The number of benzene rings is 4. The van der Waals surface area contributed by atoms with Gasteiger partial charge in [-0.3, -0.25) is 0 Å². The Balaban J connectivity index is 1.35. The van der Waals surface area contributed by atoms with Crippen LogP contribution in [0.4, 0.5) is 4.79 Å². The summed E-state index contributed by atoms with van der Waals surface area (Å²) in [6.07, 6.45) is 0.561. The molecule has 6 heteroatoms. The molecule has 0 atom stereocenters. The highest BCUT2D eigenvalue weighted by Crippen LogP contribution is 2.31. The van der Waals surface area contributed by atoms with Crippen LogP contribution in [0.1, 0.15) is 24.7 Å². The fourth-order valence-corrected chi connectivity index (χ4v) is 5.01. The maximum absolute atomic E-state index is 11.1. The molecule has 0 bridgehead atoms. The fourth-order valence-electron chi connectivity index (χ4n) is 5.01. The maximum Gasteiger partial charge on any atom is 0.511 e. The van der Waals surface area contributed by atoms with E-state index in [1.807, 2.05) is 42.5 Å². The number of hydrogen-bond acceptors (Lipinski definition) is 4. The number of ether oxygens (including phenoxy) is 1. The topological polar surface area (TPSA) is 77.2 Å². The summed E-state index contributed by atoms with van der Waals surface area (Å²) in [5.74, 6) is 1.37. The lowest BCUT2D eigenvalue weighted by atomic mass is 10.0. The molecule has 6 rings (SSSR count). The Kier molecular flexibility index (Phi) is 6.51. The Morgan fingerprint density at radius 3 is 2.41 bits per heavy atom. The van der Waals surface area contributed by atoms with E-state index in [0.29, 0.717) is 12.3 Å². The van der Waals surface area contributed by atoms with Gasteiger partial charge in [0.15, 0.2) is 0 Å². The van der Waals surface area contributed by atoms with Crippen LogP contribution in [0.15, 0.2) is 103 Å². The third kappa shape index (κ3) is 4.97. The highest BCUT2D eigenvalue weighted by Gasteiger charge is 2.14. The molecular formula is C33H27N3O3. The first-order chi connectivity index (χ1) is 19.1. The van der Waals surface area contributed by atoms with Gasteiger partial charge in [-0.2, -0.15) is 0 Å². The molecular weight excluding hydrogens is 486 g/mol. The number of nitrogens with zero attached hydrogens (tertiary/aromatic N) is 3. The van der Waals surface area contributed by atoms with Crippen molar-refractivity contribution in [1.29, 1.82) is 0 Å². The number of carbonyl (C=O) groups is 1. The van der Waals surface area contributed by atoms with E-state index in [2.05, 4.69) is 60.0 Å². The smallest absolute Gasteiger partial charge is 0.449 e. The Morgan fingerprint density at radius 1 is 0.821 bits per heavy atom. The molecule has 6 nitrogen and oxygen atoms in total. The molecule has 0 unspecified atom stereocenters. The minimum atomic E-state index is -1.33. The standard InChI is InChI=1S/C33H27N3O3/c1-2-7-32-35-29-19-17-25(28-18-16-24-8-3-5-10-27(24)34-28)20-30(29)36(32)21-22-12-14-23(15-13-22)26-9-4-6-11-31(26)39-33(37)38/h3-6,8-20H,2,7,21H2,1H3,(H,37,38). The van der Waals surface area contributed by atoms with E-state index in [4.69, 9.17) is 19.8 Å². The summed E-state index contributed by atoms with van der Waals surface area (Å²) in [6, 6.07) is 34.0. The zero-order chi connectivity index (χ0) is 26.8. The summed E-state index contributed by atoms with van der Waals surface area (Å²) in [5.41, 5.74) is 7.78. The van der Waals surface area contributed by atoms with E-state index in [-0.39, 0.29) is 0 Å². The van der Waals surface area contributed by atoms with Crippen LogP contribution in [0.25, 0.3) is 44.3 Å². The van der Waals surface area contributed by atoms with Crippen molar-refractivity contribution in [1.82, 2.24) is 14.5 Å². The van der Waals surface area contributed by atoms with Crippen molar-refractivity contribution in [2.75, 3.05) is 0 Å². The summed E-state index contributed by atoms with van der Waals surface area (Å²) in [6.45, 7) is 2.84. The monoisotopic (exact) mass is 513 g/mol. The summed E-state index contributed by atoms with van der Waals surface area (Å²) in [5, 5.41) is 10.2. The highest BCUT2D eigenvalue weighted by atomic mass is 16.7. The van der Waals surface area contributed by atoms with Gasteiger partial charge in [-0.15, -0.1) is 0 Å². The SMILES string of the molecule is CCCc1nc2ccc(-c3ccc4ccccc4n3)cc2n1Cc1ccc(-c2ccccc2OC(=O)O)cc1. The number of imidazole rings is 1. The molecule has 0 radical (unpaired) electrons. The zero-order valence-corrected chi connectivity index (χ0v) is 21.5. The quantitative estimate of drug-likeness (QED) is 0.173. The molecule has 0 spiro atoms. The van der Waals surface area contributed by atoms with Gasteiger partial charge in [0.25, 0.3) is 0 Å². The molecule has 0 amide bonds. The van der Waals surface area contributed by atoms with Crippen molar-refractivity contribution in [3.63, 3.8) is 0 Å². The number of para-hydroxylation sites is 2. The van der Waals surface area contributed by atoms with Gasteiger partial charge >= 0.3 is 6.16 Å². The van der Waals surface area contributed by atoms with Gasteiger partial charge < -0.3 is 14.4 Å². The molecule has 6 aromatic rings. The number of carboxylic acid groups (broad SMARTS) is 1. The molecule has 39 heavy (non-hydrogen) atoms. The van der Waals surface area contributed by atoms with Crippen molar-refractivity contribution >= 4 is 28.1 Å². The van der Waals surface area contributed by atoms with E-state index >= 15 is 0 Å². The molecule has 0 saturated heterocycles. The first kappa shape index (κ1) is 24.4. The third-order valence-electron chi connectivity index (χ3n) is 6.89. The molecule has 1 N–H and O–H groups in total. The Hall–Kier alpha value is -4.97. The Morgan fingerprint density at radius 2 is 1.59 bits per heavy atom. The number of fused-ring (bicyclic) bond motifs is 2. The predicted molar refractivity (Wildman–Crippen MR) is 154 cm³/mol. The lowest BCUT2D eigenvalue weighted by molar-refractivity contribution is 0.144. The summed E-state index contributed by atoms with van der Waals surface area (Å²) < 4.78 is 7.27.